The predicted octanol–water partition coefficient (Wildman–Crippen LogP) is 3.79. The van der Waals surface area contributed by atoms with E-state index in [-0.39, 0.29) is 17.7 Å². The van der Waals surface area contributed by atoms with E-state index in [9.17, 15) is 8.78 Å². The third kappa shape index (κ3) is 6.30. The van der Waals surface area contributed by atoms with Crippen molar-refractivity contribution in [3.05, 3.63) is 72.1 Å². The number of rotatable bonds is 8. The first-order valence-electron chi connectivity index (χ1n) is 9.60. The maximum atomic E-state index is 13.2. The monoisotopic (exact) mass is 414 g/mol. The molecule has 0 radical (unpaired) electrons. The molecule has 0 aliphatic rings. The fraction of sp³-hybridized carbons (Fsp3) is 0.273. The zero-order valence-electron chi connectivity index (χ0n) is 16.9. The van der Waals surface area contributed by atoms with Crippen molar-refractivity contribution in [3.8, 4) is 17.2 Å². The number of hydrogen-bond donors (Lipinski definition) is 2. The van der Waals surface area contributed by atoms with Gasteiger partial charge in [-0.15, -0.1) is 0 Å². The van der Waals surface area contributed by atoms with E-state index >= 15 is 0 Å². The molecule has 0 aliphatic carbocycles. The summed E-state index contributed by atoms with van der Waals surface area (Å²) in [6, 6.07) is 12.0. The molecule has 0 saturated heterocycles. The van der Waals surface area contributed by atoms with Crippen LogP contribution in [0.1, 0.15) is 12.6 Å². The molecule has 0 fully saturated rings. The molecule has 0 spiro atoms. The molecule has 3 rings (SSSR count). The number of nitrogens with zero attached hydrogens (tertiary/aromatic N) is 2. The molecule has 30 heavy (non-hydrogen) atoms. The molecular formula is C22H24F2N4O2. The number of aromatic nitrogens is 1. The Balaban J connectivity index is 1.42. The van der Waals surface area contributed by atoms with Crippen LogP contribution in [0.5, 0.6) is 5.75 Å². The Hall–Kier alpha value is -3.42. The van der Waals surface area contributed by atoms with Crippen LogP contribution >= 0.6 is 0 Å². The number of ether oxygens (including phenoxy) is 1. The summed E-state index contributed by atoms with van der Waals surface area (Å²) in [4.78, 5) is 8.59. The van der Waals surface area contributed by atoms with Crippen LogP contribution in [0.3, 0.4) is 0 Å². The molecule has 1 unspecified atom stereocenters. The Morgan fingerprint density at radius 1 is 1.13 bits per heavy atom. The van der Waals surface area contributed by atoms with Crippen LogP contribution < -0.4 is 15.4 Å². The topological polar surface area (TPSA) is 71.7 Å². The van der Waals surface area contributed by atoms with Crippen molar-refractivity contribution in [2.45, 2.75) is 19.4 Å². The summed E-state index contributed by atoms with van der Waals surface area (Å²) in [5, 5.41) is 6.36. The van der Waals surface area contributed by atoms with Crippen LogP contribution in [0.2, 0.25) is 0 Å². The van der Waals surface area contributed by atoms with Crippen molar-refractivity contribution < 1.29 is 17.9 Å². The van der Waals surface area contributed by atoms with Crippen LogP contribution in [0, 0.1) is 11.6 Å². The smallest absolute Gasteiger partial charge is 0.226 e. The summed E-state index contributed by atoms with van der Waals surface area (Å²) in [6.07, 6.45) is 2.03. The Labute approximate surface area is 174 Å². The van der Waals surface area contributed by atoms with Gasteiger partial charge in [0.15, 0.2) is 5.96 Å². The summed E-state index contributed by atoms with van der Waals surface area (Å²) < 4.78 is 37.4. The second-order valence-corrected chi connectivity index (χ2v) is 6.67. The Morgan fingerprint density at radius 2 is 1.93 bits per heavy atom. The van der Waals surface area contributed by atoms with E-state index in [1.165, 1.54) is 24.3 Å². The average Bonchev–Trinajstić information content (AvgIpc) is 3.20. The number of nitrogens with one attached hydrogen (secondary N) is 2. The first kappa shape index (κ1) is 21.3. The molecule has 2 N–H and O–H groups in total. The summed E-state index contributed by atoms with van der Waals surface area (Å²) in [6.45, 7) is 2.97. The van der Waals surface area contributed by atoms with E-state index in [1.807, 2.05) is 6.92 Å². The molecule has 0 bridgehead atoms. The van der Waals surface area contributed by atoms with Gasteiger partial charge in [-0.1, -0.05) is 6.07 Å². The standard InChI is InChI=1S/C22H24F2N4O2/c1-15(30-20-5-3-4-18(24)12-20)13-27-22(25-2)26-11-10-19-14-29-21(28-19)16-6-8-17(23)9-7-16/h3-9,12,14-15H,10-11,13H2,1-2H3,(H2,25,26,27). The van der Waals surface area contributed by atoms with Gasteiger partial charge < -0.3 is 19.8 Å². The van der Waals surface area contributed by atoms with Crippen LogP contribution in [0.15, 0.2) is 64.2 Å². The minimum Gasteiger partial charge on any atom is -0.489 e. The van der Waals surface area contributed by atoms with Crippen LogP contribution in [0.4, 0.5) is 8.78 Å². The highest BCUT2D eigenvalue weighted by molar-refractivity contribution is 5.79. The molecule has 0 saturated carbocycles. The molecule has 158 valence electrons. The van der Waals surface area contributed by atoms with Crippen molar-refractivity contribution in [2.75, 3.05) is 20.1 Å². The van der Waals surface area contributed by atoms with Crippen molar-refractivity contribution in [1.29, 1.82) is 0 Å². The highest BCUT2D eigenvalue weighted by Gasteiger charge is 2.09. The van der Waals surface area contributed by atoms with Crippen LogP contribution in [-0.4, -0.2) is 37.2 Å². The molecule has 0 aliphatic heterocycles. The molecule has 1 atom stereocenters. The number of halogens is 2. The zero-order valence-corrected chi connectivity index (χ0v) is 16.9. The first-order valence-corrected chi connectivity index (χ1v) is 9.60. The van der Waals surface area contributed by atoms with E-state index in [4.69, 9.17) is 9.15 Å². The summed E-state index contributed by atoms with van der Waals surface area (Å²) >= 11 is 0. The third-order valence-electron chi connectivity index (χ3n) is 4.23. The molecule has 8 heteroatoms. The van der Waals surface area contributed by atoms with Gasteiger partial charge in [-0.25, -0.2) is 13.8 Å². The Kier molecular flexibility index (Phi) is 7.37. The zero-order chi connectivity index (χ0) is 21.3. The lowest BCUT2D eigenvalue weighted by atomic mass is 10.2. The van der Waals surface area contributed by atoms with Crippen molar-refractivity contribution in [1.82, 2.24) is 15.6 Å². The summed E-state index contributed by atoms with van der Waals surface area (Å²) in [5.74, 6) is 0.919. The number of guanidine groups is 1. The lowest BCUT2D eigenvalue weighted by Gasteiger charge is -2.17. The quantitative estimate of drug-likeness (QED) is 0.433. The second-order valence-electron chi connectivity index (χ2n) is 6.67. The lowest BCUT2D eigenvalue weighted by Crippen LogP contribution is -2.42. The third-order valence-corrected chi connectivity index (χ3v) is 4.23. The molecule has 1 heterocycles. The van der Waals surface area contributed by atoms with Gasteiger partial charge >= 0.3 is 0 Å². The van der Waals surface area contributed by atoms with Crippen molar-refractivity contribution in [2.24, 2.45) is 4.99 Å². The van der Waals surface area contributed by atoms with Gasteiger partial charge in [0.05, 0.1) is 12.2 Å². The first-order chi connectivity index (χ1) is 14.5. The average molecular weight is 414 g/mol. The van der Waals surface area contributed by atoms with Crippen molar-refractivity contribution in [3.63, 3.8) is 0 Å². The van der Waals surface area contributed by atoms with Crippen LogP contribution in [-0.2, 0) is 6.42 Å². The molecule has 3 aromatic rings. The van der Waals surface area contributed by atoms with Gasteiger partial charge in [0.2, 0.25) is 5.89 Å². The molecule has 6 nitrogen and oxygen atoms in total. The highest BCUT2D eigenvalue weighted by Crippen LogP contribution is 2.19. The van der Waals surface area contributed by atoms with Crippen LogP contribution in [0.25, 0.3) is 11.5 Å². The number of hydrogen-bond acceptors (Lipinski definition) is 4. The van der Waals surface area contributed by atoms with Gasteiger partial charge in [-0.2, -0.15) is 0 Å². The number of aliphatic imine (C=N–C) groups is 1. The Morgan fingerprint density at radius 3 is 2.67 bits per heavy atom. The van der Waals surface area contributed by atoms with Gasteiger partial charge in [-0.3, -0.25) is 4.99 Å². The van der Waals surface area contributed by atoms with Gasteiger partial charge in [-0.05, 0) is 43.3 Å². The fourth-order valence-electron chi connectivity index (χ4n) is 2.73. The minimum atomic E-state index is -0.333. The summed E-state index contributed by atoms with van der Waals surface area (Å²) in [5.41, 5.74) is 1.50. The maximum absolute atomic E-state index is 13.2. The van der Waals surface area contributed by atoms with Gasteiger partial charge in [0, 0.05) is 31.6 Å². The highest BCUT2D eigenvalue weighted by atomic mass is 19.1. The van der Waals surface area contributed by atoms with Crippen molar-refractivity contribution >= 4 is 5.96 Å². The van der Waals surface area contributed by atoms with E-state index in [0.717, 1.165) is 11.3 Å². The molecule has 0 amide bonds. The molecule has 1 aromatic heterocycles. The summed E-state index contributed by atoms with van der Waals surface area (Å²) in [7, 11) is 1.68. The van der Waals surface area contributed by atoms with Gasteiger partial charge in [0.25, 0.3) is 0 Å². The van der Waals surface area contributed by atoms with E-state index in [2.05, 4.69) is 20.6 Å². The van der Waals surface area contributed by atoms with Gasteiger partial charge in [0.1, 0.15) is 29.8 Å². The Bertz CT molecular complexity index is 973. The SMILES string of the molecule is CN=C(NCCc1coc(-c2ccc(F)cc2)n1)NCC(C)Oc1cccc(F)c1. The molecule has 2 aromatic carbocycles. The number of oxazole rings is 1. The van der Waals surface area contributed by atoms with E-state index in [0.29, 0.717) is 37.1 Å². The lowest BCUT2D eigenvalue weighted by molar-refractivity contribution is 0.223. The minimum absolute atomic E-state index is 0.181. The van der Waals surface area contributed by atoms with E-state index in [1.54, 1.807) is 37.6 Å². The maximum Gasteiger partial charge on any atom is 0.226 e. The fourth-order valence-corrected chi connectivity index (χ4v) is 2.73. The normalized spacial score (nSPS) is 12.5. The van der Waals surface area contributed by atoms with E-state index < -0.39 is 0 Å². The largest absolute Gasteiger partial charge is 0.489 e. The predicted molar refractivity (Wildman–Crippen MR) is 111 cm³/mol. The molecular weight excluding hydrogens is 390 g/mol. The number of benzene rings is 2. The second kappa shape index (κ2) is 10.4.